The molecule has 0 spiro atoms. The summed E-state index contributed by atoms with van der Waals surface area (Å²) in [6.45, 7) is 3.47. The Bertz CT molecular complexity index is 622. The number of hydrogen-bond donors (Lipinski definition) is 2. The highest BCUT2D eigenvalue weighted by Crippen LogP contribution is 2.20. The van der Waals surface area contributed by atoms with Crippen LogP contribution in [0.15, 0.2) is 30.4 Å². The molecule has 0 bridgehead atoms. The highest BCUT2D eigenvalue weighted by Gasteiger charge is 2.22. The van der Waals surface area contributed by atoms with Crippen LogP contribution in [-0.4, -0.2) is 43.2 Å². The maximum absolute atomic E-state index is 12.1. The molecule has 2 heterocycles. The van der Waals surface area contributed by atoms with E-state index in [1.165, 1.54) is 28.4 Å². The zero-order valence-corrected chi connectivity index (χ0v) is 11.1. The minimum absolute atomic E-state index is 0.145. The Morgan fingerprint density at radius 1 is 1.60 bits per heavy atom. The van der Waals surface area contributed by atoms with Crippen LogP contribution in [0.5, 0.6) is 0 Å². The topological polar surface area (TPSA) is 110 Å². The summed E-state index contributed by atoms with van der Waals surface area (Å²) in [6, 6.07) is 0.669. The van der Waals surface area contributed by atoms with Gasteiger partial charge in [-0.05, 0) is 28.3 Å². The second kappa shape index (κ2) is 6.06. The average molecular weight is 293 g/mol. The van der Waals surface area contributed by atoms with Crippen LogP contribution in [0.1, 0.15) is 16.1 Å². The van der Waals surface area contributed by atoms with Crippen molar-refractivity contribution >= 4 is 23.2 Å². The number of carboxylic acid groups (broad SMARTS) is 1. The number of rotatable bonds is 6. The monoisotopic (exact) mass is 293 g/mol. The van der Waals surface area contributed by atoms with Gasteiger partial charge in [0, 0.05) is 0 Å². The minimum Gasteiger partial charge on any atom is -0.480 e. The van der Waals surface area contributed by atoms with Gasteiger partial charge in [0.05, 0.1) is 5.69 Å². The lowest BCUT2D eigenvalue weighted by molar-refractivity contribution is -0.139. The fourth-order valence-electron chi connectivity index (χ4n) is 1.54. The number of thiophene rings is 1. The van der Waals surface area contributed by atoms with Gasteiger partial charge in [0.1, 0.15) is 17.2 Å². The quantitative estimate of drug-likeness (QED) is 0.750. The third kappa shape index (κ3) is 2.88. The molecule has 0 aliphatic carbocycles. The number of nitrogens with zero attached hydrogens (tertiary/aromatic N) is 4. The van der Waals surface area contributed by atoms with E-state index in [2.05, 4.69) is 27.4 Å². The van der Waals surface area contributed by atoms with E-state index in [0.717, 1.165) is 0 Å². The Kier molecular flexibility index (Phi) is 4.20. The van der Waals surface area contributed by atoms with Gasteiger partial charge < -0.3 is 10.4 Å². The van der Waals surface area contributed by atoms with Gasteiger partial charge in [-0.3, -0.25) is 4.79 Å². The van der Waals surface area contributed by atoms with Crippen LogP contribution in [0.3, 0.4) is 0 Å². The van der Waals surface area contributed by atoms with Crippen molar-refractivity contribution in [3.05, 3.63) is 35.3 Å². The van der Waals surface area contributed by atoms with Crippen molar-refractivity contribution in [2.24, 2.45) is 0 Å². The first-order chi connectivity index (χ1) is 9.63. The highest BCUT2D eigenvalue weighted by molar-refractivity contribution is 7.12. The molecule has 0 saturated heterocycles. The SMILES string of the molecule is C=CCC(NC(=O)c1sccc1-n1cnnn1)C(=O)O. The molecule has 9 heteroatoms. The maximum Gasteiger partial charge on any atom is 0.326 e. The first-order valence-electron chi connectivity index (χ1n) is 5.59. The lowest BCUT2D eigenvalue weighted by Gasteiger charge is -2.12. The van der Waals surface area contributed by atoms with E-state index < -0.39 is 17.9 Å². The van der Waals surface area contributed by atoms with Crippen LogP contribution < -0.4 is 5.32 Å². The molecule has 0 aliphatic rings. The van der Waals surface area contributed by atoms with Gasteiger partial charge in [0.15, 0.2) is 0 Å². The second-order valence-corrected chi connectivity index (χ2v) is 4.69. The number of aliphatic carboxylic acids is 1. The Hall–Kier alpha value is -2.55. The van der Waals surface area contributed by atoms with Gasteiger partial charge in [-0.25, -0.2) is 4.79 Å². The number of hydrogen-bond acceptors (Lipinski definition) is 6. The van der Waals surface area contributed by atoms with E-state index in [4.69, 9.17) is 5.11 Å². The molecule has 0 radical (unpaired) electrons. The predicted molar refractivity (Wildman–Crippen MR) is 70.7 cm³/mol. The van der Waals surface area contributed by atoms with Crippen molar-refractivity contribution in [1.29, 1.82) is 0 Å². The van der Waals surface area contributed by atoms with Gasteiger partial charge in [-0.2, -0.15) is 4.68 Å². The van der Waals surface area contributed by atoms with E-state index >= 15 is 0 Å². The lowest BCUT2D eigenvalue weighted by atomic mass is 10.2. The normalized spacial score (nSPS) is 11.8. The number of nitrogens with one attached hydrogen (secondary N) is 1. The molecule has 0 aliphatic heterocycles. The van der Waals surface area contributed by atoms with Gasteiger partial charge in [-0.1, -0.05) is 6.08 Å². The van der Waals surface area contributed by atoms with Crippen molar-refractivity contribution in [3.8, 4) is 5.69 Å². The fourth-order valence-corrected chi connectivity index (χ4v) is 2.32. The number of carbonyl (C=O) groups excluding carboxylic acids is 1. The van der Waals surface area contributed by atoms with Crippen molar-refractivity contribution in [3.63, 3.8) is 0 Å². The third-order valence-corrected chi connectivity index (χ3v) is 3.35. The Balaban J connectivity index is 2.20. The Morgan fingerprint density at radius 2 is 2.40 bits per heavy atom. The molecule has 104 valence electrons. The summed E-state index contributed by atoms with van der Waals surface area (Å²) in [5, 5.41) is 23.8. The maximum atomic E-state index is 12.1. The molecule has 8 nitrogen and oxygen atoms in total. The van der Waals surface area contributed by atoms with Crippen LogP contribution >= 0.6 is 11.3 Å². The van der Waals surface area contributed by atoms with Crippen LogP contribution in [-0.2, 0) is 4.79 Å². The summed E-state index contributed by atoms with van der Waals surface area (Å²) in [4.78, 5) is 23.5. The first-order valence-corrected chi connectivity index (χ1v) is 6.47. The summed E-state index contributed by atoms with van der Waals surface area (Å²) >= 11 is 1.18. The molecule has 1 unspecified atom stereocenters. The standard InChI is InChI=1S/C11H11N5O3S/c1-2-3-7(11(18)19)13-10(17)9-8(4-5-20-9)16-6-12-14-15-16/h2,4-7H,1,3H2,(H,13,17)(H,18,19). The summed E-state index contributed by atoms with van der Waals surface area (Å²) < 4.78 is 1.34. The van der Waals surface area contributed by atoms with E-state index in [9.17, 15) is 9.59 Å². The average Bonchev–Trinajstić information content (AvgIpc) is 3.08. The number of carbonyl (C=O) groups is 2. The zero-order chi connectivity index (χ0) is 14.5. The Morgan fingerprint density at radius 3 is 3.00 bits per heavy atom. The highest BCUT2D eigenvalue weighted by atomic mass is 32.1. The molecular weight excluding hydrogens is 282 g/mol. The smallest absolute Gasteiger partial charge is 0.326 e. The summed E-state index contributed by atoms with van der Waals surface area (Å²) in [5.41, 5.74) is 0.500. The van der Waals surface area contributed by atoms with E-state index in [-0.39, 0.29) is 6.42 Å². The molecule has 2 aromatic rings. The van der Waals surface area contributed by atoms with Gasteiger partial charge in [-0.15, -0.1) is 23.0 Å². The van der Waals surface area contributed by atoms with Crippen molar-refractivity contribution in [2.75, 3.05) is 0 Å². The minimum atomic E-state index is -1.11. The number of carboxylic acids is 1. The van der Waals surface area contributed by atoms with Gasteiger partial charge >= 0.3 is 5.97 Å². The zero-order valence-electron chi connectivity index (χ0n) is 10.3. The van der Waals surface area contributed by atoms with Crippen molar-refractivity contribution in [2.45, 2.75) is 12.5 Å². The predicted octanol–water partition coefficient (Wildman–Crippen LogP) is 0.483. The van der Waals surface area contributed by atoms with Crippen LogP contribution in [0.25, 0.3) is 5.69 Å². The second-order valence-electron chi connectivity index (χ2n) is 3.78. The molecule has 2 aromatic heterocycles. The van der Waals surface area contributed by atoms with Crippen LogP contribution in [0.4, 0.5) is 0 Å². The Labute approximate surface area is 117 Å². The number of tetrazole rings is 1. The molecular formula is C11H11N5O3S. The largest absolute Gasteiger partial charge is 0.480 e. The summed E-state index contributed by atoms with van der Waals surface area (Å²) in [5.74, 6) is -1.60. The van der Waals surface area contributed by atoms with E-state index in [0.29, 0.717) is 10.6 Å². The third-order valence-electron chi connectivity index (χ3n) is 2.45. The van der Waals surface area contributed by atoms with Gasteiger partial charge in [0.25, 0.3) is 5.91 Å². The molecule has 0 saturated carbocycles. The van der Waals surface area contributed by atoms with Gasteiger partial charge in [0.2, 0.25) is 0 Å². The van der Waals surface area contributed by atoms with Crippen molar-refractivity contribution in [1.82, 2.24) is 25.5 Å². The fraction of sp³-hybridized carbons (Fsp3) is 0.182. The molecule has 1 amide bonds. The van der Waals surface area contributed by atoms with Crippen LogP contribution in [0.2, 0.25) is 0 Å². The molecule has 2 N–H and O–H groups in total. The number of aromatic nitrogens is 4. The number of amides is 1. The summed E-state index contributed by atoms with van der Waals surface area (Å²) in [7, 11) is 0. The molecule has 2 rings (SSSR count). The van der Waals surface area contributed by atoms with E-state index in [1.807, 2.05) is 0 Å². The first kappa shape index (κ1) is 13.9. The van der Waals surface area contributed by atoms with E-state index in [1.54, 1.807) is 11.4 Å². The van der Waals surface area contributed by atoms with Crippen LogP contribution in [0, 0.1) is 0 Å². The molecule has 0 fully saturated rings. The lowest BCUT2D eigenvalue weighted by Crippen LogP contribution is -2.40. The molecule has 20 heavy (non-hydrogen) atoms. The van der Waals surface area contributed by atoms with Crippen molar-refractivity contribution < 1.29 is 14.7 Å². The molecule has 0 aromatic carbocycles. The molecule has 1 atom stereocenters. The summed E-state index contributed by atoms with van der Waals surface area (Å²) in [6.07, 6.45) is 2.94.